The standard InChI is InChI=1S/C12H20O4/c13-6-7-16-12(11(14)15)5-1-2-10(8-12)9-3-4-9/h9-10,13H,1-8H2,(H,14,15). The number of hydrogen-bond donors (Lipinski definition) is 2. The molecule has 2 aliphatic carbocycles. The summed E-state index contributed by atoms with van der Waals surface area (Å²) in [6, 6.07) is 0. The lowest BCUT2D eigenvalue weighted by atomic mass is 9.76. The van der Waals surface area contributed by atoms with E-state index in [-0.39, 0.29) is 13.2 Å². The monoisotopic (exact) mass is 228 g/mol. The molecule has 16 heavy (non-hydrogen) atoms. The molecular formula is C12H20O4. The zero-order chi connectivity index (χ0) is 11.6. The number of carboxylic acids is 1. The molecule has 0 aliphatic heterocycles. The minimum atomic E-state index is -1.02. The minimum absolute atomic E-state index is 0.108. The fourth-order valence-corrected chi connectivity index (χ4v) is 2.88. The summed E-state index contributed by atoms with van der Waals surface area (Å²) in [5.41, 5.74) is -1.02. The predicted octanol–water partition coefficient (Wildman–Crippen LogP) is 1.42. The van der Waals surface area contributed by atoms with Gasteiger partial charge in [-0.1, -0.05) is 0 Å². The van der Waals surface area contributed by atoms with Crippen molar-refractivity contribution in [2.45, 2.75) is 44.1 Å². The van der Waals surface area contributed by atoms with Gasteiger partial charge in [0, 0.05) is 0 Å². The second kappa shape index (κ2) is 4.72. The number of hydrogen-bond acceptors (Lipinski definition) is 3. The molecule has 2 unspecified atom stereocenters. The van der Waals surface area contributed by atoms with Gasteiger partial charge in [0.2, 0.25) is 0 Å². The average Bonchev–Trinajstić information content (AvgIpc) is 3.10. The van der Waals surface area contributed by atoms with E-state index in [1.165, 1.54) is 12.8 Å². The largest absolute Gasteiger partial charge is 0.479 e. The summed E-state index contributed by atoms with van der Waals surface area (Å²) in [6.45, 7) is 0.0206. The molecular weight excluding hydrogens is 208 g/mol. The summed E-state index contributed by atoms with van der Waals surface area (Å²) in [4.78, 5) is 11.4. The van der Waals surface area contributed by atoms with Crippen LogP contribution >= 0.6 is 0 Å². The van der Waals surface area contributed by atoms with E-state index in [1.54, 1.807) is 0 Å². The van der Waals surface area contributed by atoms with E-state index >= 15 is 0 Å². The molecule has 0 saturated heterocycles. The number of carboxylic acid groups (broad SMARTS) is 1. The van der Waals surface area contributed by atoms with Gasteiger partial charge in [0.1, 0.15) is 0 Å². The number of ether oxygens (including phenoxy) is 1. The van der Waals surface area contributed by atoms with Crippen LogP contribution in [0.5, 0.6) is 0 Å². The van der Waals surface area contributed by atoms with Crippen molar-refractivity contribution in [2.24, 2.45) is 11.8 Å². The molecule has 2 saturated carbocycles. The lowest BCUT2D eigenvalue weighted by molar-refractivity contribution is -0.175. The first-order valence-corrected chi connectivity index (χ1v) is 6.16. The average molecular weight is 228 g/mol. The minimum Gasteiger partial charge on any atom is -0.479 e. The van der Waals surface area contributed by atoms with Crippen LogP contribution in [0.3, 0.4) is 0 Å². The molecule has 2 aliphatic rings. The van der Waals surface area contributed by atoms with E-state index < -0.39 is 11.6 Å². The Labute approximate surface area is 95.6 Å². The number of carbonyl (C=O) groups is 1. The van der Waals surface area contributed by atoms with E-state index in [9.17, 15) is 9.90 Å². The Morgan fingerprint density at radius 3 is 2.62 bits per heavy atom. The first-order valence-electron chi connectivity index (χ1n) is 6.16. The first kappa shape index (κ1) is 11.9. The van der Waals surface area contributed by atoms with Crippen LogP contribution in [0.15, 0.2) is 0 Å². The predicted molar refractivity (Wildman–Crippen MR) is 58.1 cm³/mol. The van der Waals surface area contributed by atoms with Gasteiger partial charge in [-0.05, 0) is 50.4 Å². The summed E-state index contributed by atoms with van der Waals surface area (Å²) in [6.07, 6.45) is 5.79. The lowest BCUT2D eigenvalue weighted by Crippen LogP contribution is -2.46. The van der Waals surface area contributed by atoms with Crippen molar-refractivity contribution in [2.75, 3.05) is 13.2 Å². The first-order chi connectivity index (χ1) is 7.68. The van der Waals surface area contributed by atoms with E-state index in [0.717, 1.165) is 18.8 Å². The number of aliphatic carboxylic acids is 1. The molecule has 0 radical (unpaired) electrons. The van der Waals surface area contributed by atoms with E-state index in [4.69, 9.17) is 9.84 Å². The Bertz CT molecular complexity index is 262. The van der Waals surface area contributed by atoms with Gasteiger partial charge in [-0.15, -0.1) is 0 Å². The van der Waals surface area contributed by atoms with Crippen molar-refractivity contribution in [3.63, 3.8) is 0 Å². The van der Waals surface area contributed by atoms with Gasteiger partial charge in [0.05, 0.1) is 13.2 Å². The van der Waals surface area contributed by atoms with Gasteiger partial charge in [-0.2, -0.15) is 0 Å². The van der Waals surface area contributed by atoms with Crippen LogP contribution in [0.25, 0.3) is 0 Å². The van der Waals surface area contributed by atoms with Crippen molar-refractivity contribution >= 4 is 5.97 Å². The molecule has 0 heterocycles. The summed E-state index contributed by atoms with van der Waals surface area (Å²) < 4.78 is 5.44. The van der Waals surface area contributed by atoms with E-state index in [1.807, 2.05) is 0 Å². The number of aliphatic hydroxyl groups is 1. The van der Waals surface area contributed by atoms with Crippen LogP contribution in [0.4, 0.5) is 0 Å². The molecule has 0 aromatic heterocycles. The van der Waals surface area contributed by atoms with Crippen LogP contribution in [-0.4, -0.2) is 35.0 Å². The van der Waals surface area contributed by atoms with Gasteiger partial charge in [-0.25, -0.2) is 4.79 Å². The van der Waals surface area contributed by atoms with Crippen molar-refractivity contribution in [1.29, 1.82) is 0 Å². The maximum absolute atomic E-state index is 11.4. The van der Waals surface area contributed by atoms with Crippen molar-refractivity contribution in [3.8, 4) is 0 Å². The number of aliphatic hydroxyl groups excluding tert-OH is 1. The SMILES string of the molecule is O=C(O)C1(OCCO)CCCC(C2CC2)C1. The van der Waals surface area contributed by atoms with Crippen LogP contribution in [-0.2, 0) is 9.53 Å². The second-order valence-electron chi connectivity index (χ2n) is 5.07. The molecule has 2 rings (SSSR count). The van der Waals surface area contributed by atoms with E-state index in [2.05, 4.69) is 0 Å². The van der Waals surface area contributed by atoms with Crippen LogP contribution in [0.2, 0.25) is 0 Å². The molecule has 2 N–H and O–H groups in total. The maximum Gasteiger partial charge on any atom is 0.335 e. The quantitative estimate of drug-likeness (QED) is 0.746. The molecule has 0 amide bonds. The highest BCUT2D eigenvalue weighted by Crippen LogP contribution is 2.47. The Morgan fingerprint density at radius 1 is 1.31 bits per heavy atom. The lowest BCUT2D eigenvalue weighted by Gasteiger charge is -2.37. The summed E-state index contributed by atoms with van der Waals surface area (Å²) >= 11 is 0. The zero-order valence-electron chi connectivity index (χ0n) is 9.52. The molecule has 2 fully saturated rings. The normalized spacial score (nSPS) is 34.9. The molecule has 92 valence electrons. The molecule has 2 atom stereocenters. The smallest absolute Gasteiger partial charge is 0.335 e. The van der Waals surface area contributed by atoms with Crippen LogP contribution < -0.4 is 0 Å². The molecule has 0 aromatic carbocycles. The molecule has 0 bridgehead atoms. The summed E-state index contributed by atoms with van der Waals surface area (Å²) in [7, 11) is 0. The van der Waals surface area contributed by atoms with E-state index in [0.29, 0.717) is 18.8 Å². The Hall–Kier alpha value is -0.610. The molecule has 4 heteroatoms. The zero-order valence-corrected chi connectivity index (χ0v) is 9.52. The summed E-state index contributed by atoms with van der Waals surface area (Å²) in [5, 5.41) is 18.1. The third-order valence-electron chi connectivity index (χ3n) is 3.90. The highest BCUT2D eigenvalue weighted by molar-refractivity contribution is 5.77. The highest BCUT2D eigenvalue weighted by atomic mass is 16.5. The Kier molecular flexibility index (Phi) is 3.50. The van der Waals surface area contributed by atoms with Gasteiger partial charge >= 0.3 is 5.97 Å². The number of rotatable bonds is 5. The Morgan fingerprint density at radius 2 is 2.06 bits per heavy atom. The van der Waals surface area contributed by atoms with Crippen LogP contribution in [0.1, 0.15) is 38.5 Å². The second-order valence-corrected chi connectivity index (χ2v) is 5.07. The van der Waals surface area contributed by atoms with Gasteiger partial charge in [0.25, 0.3) is 0 Å². The molecule has 0 spiro atoms. The topological polar surface area (TPSA) is 66.8 Å². The Balaban J connectivity index is 2.01. The van der Waals surface area contributed by atoms with Crippen molar-refractivity contribution in [1.82, 2.24) is 0 Å². The van der Waals surface area contributed by atoms with Crippen LogP contribution in [0, 0.1) is 11.8 Å². The fourth-order valence-electron chi connectivity index (χ4n) is 2.88. The highest BCUT2D eigenvalue weighted by Gasteiger charge is 2.47. The third kappa shape index (κ3) is 2.38. The molecule has 0 aromatic rings. The van der Waals surface area contributed by atoms with Gasteiger partial charge in [0.15, 0.2) is 5.60 Å². The maximum atomic E-state index is 11.4. The van der Waals surface area contributed by atoms with Crippen molar-refractivity contribution < 1.29 is 19.7 Å². The fraction of sp³-hybridized carbons (Fsp3) is 0.917. The molecule has 4 nitrogen and oxygen atoms in total. The van der Waals surface area contributed by atoms with Gasteiger partial charge in [-0.3, -0.25) is 0 Å². The van der Waals surface area contributed by atoms with Crippen molar-refractivity contribution in [3.05, 3.63) is 0 Å². The third-order valence-corrected chi connectivity index (χ3v) is 3.90. The van der Waals surface area contributed by atoms with Gasteiger partial charge < -0.3 is 14.9 Å². The summed E-state index contributed by atoms with van der Waals surface area (Å²) in [5.74, 6) is 0.395.